The van der Waals surface area contributed by atoms with E-state index in [1.807, 2.05) is 23.6 Å². The number of benzene rings is 1. The van der Waals surface area contributed by atoms with Crippen LogP contribution < -0.4 is 4.74 Å². The van der Waals surface area contributed by atoms with Crippen LogP contribution in [0.2, 0.25) is 5.15 Å². The SMILES string of the molecule is CCOc1ccc2c(c1)c(C(=O)O)c(Cl)n2CC(C)C. The topological polar surface area (TPSA) is 51.5 Å². The summed E-state index contributed by atoms with van der Waals surface area (Å²) in [6.45, 7) is 7.23. The standard InChI is InChI=1S/C15H18ClNO3/c1-4-20-10-5-6-12-11(7-10)13(15(18)19)14(16)17(12)8-9(2)3/h5-7,9H,4,8H2,1-3H3,(H,18,19). The molecular formula is C15H18ClNO3. The monoisotopic (exact) mass is 295 g/mol. The summed E-state index contributed by atoms with van der Waals surface area (Å²) in [4.78, 5) is 11.5. The zero-order chi connectivity index (χ0) is 14.9. The predicted molar refractivity (Wildman–Crippen MR) is 79.9 cm³/mol. The maximum Gasteiger partial charge on any atom is 0.339 e. The second-order valence-electron chi connectivity index (χ2n) is 5.09. The van der Waals surface area contributed by atoms with E-state index in [2.05, 4.69) is 13.8 Å². The van der Waals surface area contributed by atoms with E-state index in [0.29, 0.717) is 30.2 Å². The lowest BCUT2D eigenvalue weighted by molar-refractivity contribution is 0.0699. The lowest BCUT2D eigenvalue weighted by Gasteiger charge is -2.10. The van der Waals surface area contributed by atoms with Crippen LogP contribution in [0.1, 0.15) is 31.1 Å². The lowest BCUT2D eigenvalue weighted by atomic mass is 10.1. The predicted octanol–water partition coefficient (Wildman–Crippen LogP) is 4.05. The van der Waals surface area contributed by atoms with Crippen LogP contribution in [0.15, 0.2) is 18.2 Å². The van der Waals surface area contributed by atoms with Crippen LogP contribution in [0, 0.1) is 5.92 Å². The van der Waals surface area contributed by atoms with Crippen molar-refractivity contribution in [3.63, 3.8) is 0 Å². The molecule has 108 valence electrons. The number of rotatable bonds is 5. The van der Waals surface area contributed by atoms with Crippen molar-refractivity contribution < 1.29 is 14.6 Å². The Bertz CT molecular complexity index is 646. The molecule has 2 aromatic rings. The van der Waals surface area contributed by atoms with Gasteiger partial charge < -0.3 is 14.4 Å². The van der Waals surface area contributed by atoms with Crippen LogP contribution in [-0.2, 0) is 6.54 Å². The summed E-state index contributed by atoms with van der Waals surface area (Å²) >= 11 is 6.26. The minimum Gasteiger partial charge on any atom is -0.494 e. The Morgan fingerprint density at radius 1 is 1.45 bits per heavy atom. The van der Waals surface area contributed by atoms with Crippen LogP contribution in [0.3, 0.4) is 0 Å². The first-order valence-corrected chi connectivity index (χ1v) is 7.01. The molecule has 0 saturated heterocycles. The molecule has 1 aromatic heterocycles. The van der Waals surface area contributed by atoms with Gasteiger partial charge in [0.25, 0.3) is 0 Å². The molecule has 1 N–H and O–H groups in total. The van der Waals surface area contributed by atoms with E-state index in [1.54, 1.807) is 6.07 Å². The first kappa shape index (κ1) is 14.7. The molecule has 1 heterocycles. The number of hydrogen-bond donors (Lipinski definition) is 1. The molecule has 1 aromatic carbocycles. The average molecular weight is 296 g/mol. The Hall–Kier alpha value is -1.68. The maximum atomic E-state index is 11.5. The third-order valence-corrected chi connectivity index (χ3v) is 3.44. The minimum atomic E-state index is -1.02. The molecule has 0 aliphatic heterocycles. The Balaban J connectivity index is 2.69. The number of aromatic nitrogens is 1. The zero-order valence-corrected chi connectivity index (χ0v) is 12.6. The van der Waals surface area contributed by atoms with Gasteiger partial charge in [0.2, 0.25) is 0 Å². The molecule has 4 nitrogen and oxygen atoms in total. The quantitative estimate of drug-likeness (QED) is 0.905. The smallest absolute Gasteiger partial charge is 0.339 e. The molecule has 5 heteroatoms. The Morgan fingerprint density at radius 3 is 2.70 bits per heavy atom. The third kappa shape index (κ3) is 2.61. The lowest BCUT2D eigenvalue weighted by Crippen LogP contribution is -2.05. The molecular weight excluding hydrogens is 278 g/mol. The minimum absolute atomic E-state index is 0.142. The number of ether oxygens (including phenoxy) is 1. The molecule has 0 bridgehead atoms. The van der Waals surface area contributed by atoms with Gasteiger partial charge in [-0.3, -0.25) is 0 Å². The van der Waals surface area contributed by atoms with E-state index in [0.717, 1.165) is 5.52 Å². The van der Waals surface area contributed by atoms with Gasteiger partial charge in [-0.05, 0) is 31.0 Å². The molecule has 0 saturated carbocycles. The first-order chi connectivity index (χ1) is 9.45. The van der Waals surface area contributed by atoms with Gasteiger partial charge in [0, 0.05) is 11.9 Å². The van der Waals surface area contributed by atoms with Crippen LogP contribution in [0.25, 0.3) is 10.9 Å². The van der Waals surface area contributed by atoms with Gasteiger partial charge in [-0.25, -0.2) is 4.79 Å². The van der Waals surface area contributed by atoms with Crippen molar-refractivity contribution in [1.82, 2.24) is 4.57 Å². The molecule has 0 aliphatic carbocycles. The van der Waals surface area contributed by atoms with Crippen molar-refractivity contribution in [1.29, 1.82) is 0 Å². The maximum absolute atomic E-state index is 11.5. The highest BCUT2D eigenvalue weighted by molar-refractivity contribution is 6.35. The molecule has 0 aliphatic rings. The summed E-state index contributed by atoms with van der Waals surface area (Å²) in [6, 6.07) is 5.44. The van der Waals surface area contributed by atoms with E-state index in [1.165, 1.54) is 0 Å². The molecule has 0 radical (unpaired) electrons. The van der Waals surface area contributed by atoms with Gasteiger partial charge in [-0.15, -0.1) is 0 Å². The van der Waals surface area contributed by atoms with Crippen molar-refractivity contribution in [3.05, 3.63) is 28.9 Å². The van der Waals surface area contributed by atoms with Gasteiger partial charge in [-0.1, -0.05) is 25.4 Å². The van der Waals surface area contributed by atoms with E-state index in [4.69, 9.17) is 16.3 Å². The molecule has 0 spiro atoms. The fourth-order valence-corrected chi connectivity index (χ4v) is 2.65. The van der Waals surface area contributed by atoms with E-state index in [9.17, 15) is 9.90 Å². The number of fused-ring (bicyclic) bond motifs is 1. The molecule has 0 unspecified atom stereocenters. The van der Waals surface area contributed by atoms with Gasteiger partial charge >= 0.3 is 5.97 Å². The second kappa shape index (κ2) is 5.75. The van der Waals surface area contributed by atoms with Gasteiger partial charge in [-0.2, -0.15) is 0 Å². The Kier molecular flexibility index (Phi) is 4.23. The highest BCUT2D eigenvalue weighted by atomic mass is 35.5. The number of nitrogens with zero attached hydrogens (tertiary/aromatic N) is 1. The highest BCUT2D eigenvalue weighted by Crippen LogP contribution is 2.33. The number of halogens is 1. The fraction of sp³-hybridized carbons (Fsp3) is 0.400. The van der Waals surface area contributed by atoms with Crippen LogP contribution in [0.5, 0.6) is 5.75 Å². The summed E-state index contributed by atoms with van der Waals surface area (Å²) < 4.78 is 7.28. The number of aromatic carboxylic acids is 1. The molecule has 0 atom stereocenters. The van der Waals surface area contributed by atoms with Crippen molar-refractivity contribution >= 4 is 28.5 Å². The molecule has 2 rings (SSSR count). The summed E-state index contributed by atoms with van der Waals surface area (Å²) in [5, 5.41) is 10.3. The molecule has 0 amide bonds. The van der Waals surface area contributed by atoms with Crippen LogP contribution in [-0.4, -0.2) is 22.2 Å². The largest absolute Gasteiger partial charge is 0.494 e. The van der Waals surface area contributed by atoms with E-state index >= 15 is 0 Å². The second-order valence-corrected chi connectivity index (χ2v) is 5.45. The summed E-state index contributed by atoms with van der Waals surface area (Å²) in [5.74, 6) is 0.00771. The van der Waals surface area contributed by atoms with Gasteiger partial charge in [0.15, 0.2) is 0 Å². The third-order valence-electron chi connectivity index (χ3n) is 3.04. The van der Waals surface area contributed by atoms with E-state index in [-0.39, 0.29) is 10.7 Å². The van der Waals surface area contributed by atoms with Crippen LogP contribution >= 0.6 is 11.6 Å². The number of carboxylic acids is 1. The normalized spacial score (nSPS) is 11.2. The zero-order valence-electron chi connectivity index (χ0n) is 11.8. The number of hydrogen-bond acceptors (Lipinski definition) is 2. The highest BCUT2D eigenvalue weighted by Gasteiger charge is 2.21. The van der Waals surface area contributed by atoms with Gasteiger partial charge in [0.1, 0.15) is 16.5 Å². The van der Waals surface area contributed by atoms with Crippen molar-refractivity contribution in [2.24, 2.45) is 5.92 Å². The molecule has 20 heavy (non-hydrogen) atoms. The first-order valence-electron chi connectivity index (χ1n) is 6.63. The van der Waals surface area contributed by atoms with Crippen molar-refractivity contribution in [3.8, 4) is 5.75 Å². The van der Waals surface area contributed by atoms with Gasteiger partial charge in [0.05, 0.1) is 12.1 Å². The average Bonchev–Trinajstić information content (AvgIpc) is 2.62. The Morgan fingerprint density at radius 2 is 2.15 bits per heavy atom. The number of carbonyl (C=O) groups is 1. The summed E-state index contributed by atoms with van der Waals surface area (Å²) in [6.07, 6.45) is 0. The molecule has 0 fully saturated rings. The fourth-order valence-electron chi connectivity index (χ4n) is 2.31. The van der Waals surface area contributed by atoms with E-state index < -0.39 is 5.97 Å². The Labute approximate surface area is 122 Å². The van der Waals surface area contributed by atoms with Crippen molar-refractivity contribution in [2.45, 2.75) is 27.3 Å². The van der Waals surface area contributed by atoms with Crippen LogP contribution in [0.4, 0.5) is 0 Å². The summed E-state index contributed by atoms with van der Waals surface area (Å²) in [7, 11) is 0. The van der Waals surface area contributed by atoms with Crippen molar-refractivity contribution in [2.75, 3.05) is 6.61 Å². The number of carboxylic acid groups (broad SMARTS) is 1. The summed E-state index contributed by atoms with van der Waals surface area (Å²) in [5.41, 5.74) is 0.966.